The van der Waals surface area contributed by atoms with Crippen molar-refractivity contribution in [2.45, 2.75) is 46.3 Å². The van der Waals surface area contributed by atoms with E-state index >= 15 is 0 Å². The molecule has 2 aromatic rings. The molecular formula is C20H30N4OS. The lowest BCUT2D eigenvalue weighted by molar-refractivity contribution is 0.0646. The molecule has 26 heavy (non-hydrogen) atoms. The lowest BCUT2D eigenvalue weighted by Gasteiger charge is -2.14. The van der Waals surface area contributed by atoms with E-state index in [1.165, 1.54) is 5.56 Å². The maximum Gasteiger partial charge on any atom is 0.191 e. The number of hydrogen-bond acceptors (Lipinski definition) is 4. The van der Waals surface area contributed by atoms with Crippen LogP contribution < -0.4 is 10.6 Å². The zero-order chi connectivity index (χ0) is 18.6. The third kappa shape index (κ3) is 7.14. The van der Waals surface area contributed by atoms with Crippen molar-refractivity contribution >= 4 is 17.3 Å². The number of guanidine groups is 1. The number of hydrogen-bond donors (Lipinski definition) is 2. The molecule has 2 N–H and O–H groups in total. The number of thiazole rings is 1. The second-order valence-electron chi connectivity index (χ2n) is 5.99. The van der Waals surface area contributed by atoms with Crippen molar-refractivity contribution in [3.05, 3.63) is 52.0 Å². The van der Waals surface area contributed by atoms with Crippen LogP contribution in [0.15, 0.2) is 40.7 Å². The number of aliphatic imine (C=N–C) groups is 1. The maximum atomic E-state index is 5.91. The van der Waals surface area contributed by atoms with E-state index in [9.17, 15) is 0 Å². The number of nitrogens with one attached hydrogen (secondary N) is 2. The zero-order valence-electron chi connectivity index (χ0n) is 16.0. The number of nitrogens with zero attached hydrogens (tertiary/aromatic N) is 2. The van der Waals surface area contributed by atoms with E-state index < -0.39 is 0 Å². The average Bonchev–Trinajstić information content (AvgIpc) is 3.14. The minimum Gasteiger partial charge on any atom is -0.374 e. The van der Waals surface area contributed by atoms with Gasteiger partial charge in [-0.3, -0.25) is 0 Å². The van der Waals surface area contributed by atoms with Crippen molar-refractivity contribution in [1.82, 2.24) is 15.6 Å². The van der Waals surface area contributed by atoms with Crippen LogP contribution in [-0.2, 0) is 17.7 Å². The Morgan fingerprint density at radius 1 is 1.23 bits per heavy atom. The molecule has 0 aliphatic carbocycles. The Morgan fingerprint density at radius 2 is 2.04 bits per heavy atom. The minimum atomic E-state index is 0.121. The molecule has 1 unspecified atom stereocenters. The third-order valence-corrected chi connectivity index (χ3v) is 4.94. The average molecular weight is 375 g/mol. The minimum absolute atomic E-state index is 0.121. The molecule has 6 heteroatoms. The summed E-state index contributed by atoms with van der Waals surface area (Å²) >= 11 is 1.70. The van der Waals surface area contributed by atoms with Crippen molar-refractivity contribution in [2.24, 2.45) is 4.99 Å². The molecule has 0 amide bonds. The standard InChI is InChI=1S/C20H30N4OS/c1-4-19-24-18(15-26-19)14-23-20(21-5-2)22-12-9-13-25-16(3)17-10-7-6-8-11-17/h6-8,10-11,15-16H,4-5,9,12-14H2,1-3H3,(H2,21,22,23). The molecule has 0 fully saturated rings. The highest BCUT2D eigenvalue weighted by molar-refractivity contribution is 7.09. The fourth-order valence-electron chi connectivity index (χ4n) is 2.45. The van der Waals surface area contributed by atoms with E-state index in [4.69, 9.17) is 4.74 Å². The fraction of sp³-hybridized carbons (Fsp3) is 0.500. The van der Waals surface area contributed by atoms with Crippen molar-refractivity contribution in [3.63, 3.8) is 0 Å². The van der Waals surface area contributed by atoms with Gasteiger partial charge in [-0.2, -0.15) is 0 Å². The van der Waals surface area contributed by atoms with Crippen LogP contribution in [0.5, 0.6) is 0 Å². The van der Waals surface area contributed by atoms with Crippen molar-refractivity contribution in [2.75, 3.05) is 19.7 Å². The topological polar surface area (TPSA) is 58.5 Å². The van der Waals surface area contributed by atoms with Gasteiger partial charge in [0.25, 0.3) is 0 Å². The summed E-state index contributed by atoms with van der Waals surface area (Å²) in [5.74, 6) is 0.828. The largest absolute Gasteiger partial charge is 0.374 e. The van der Waals surface area contributed by atoms with Gasteiger partial charge in [-0.25, -0.2) is 9.98 Å². The molecule has 1 atom stereocenters. The van der Waals surface area contributed by atoms with Crippen LogP contribution in [0, 0.1) is 0 Å². The Bertz CT molecular complexity index is 657. The van der Waals surface area contributed by atoms with Crippen LogP contribution in [0.4, 0.5) is 0 Å². The van der Waals surface area contributed by atoms with Gasteiger partial charge in [-0.15, -0.1) is 11.3 Å². The predicted octanol–water partition coefficient (Wildman–Crippen LogP) is 3.93. The molecule has 1 heterocycles. The molecule has 0 bridgehead atoms. The Labute approximate surface area is 160 Å². The van der Waals surface area contributed by atoms with Gasteiger partial charge < -0.3 is 15.4 Å². The van der Waals surface area contributed by atoms with Gasteiger partial charge in [0, 0.05) is 25.1 Å². The highest BCUT2D eigenvalue weighted by atomic mass is 32.1. The second-order valence-corrected chi connectivity index (χ2v) is 6.93. The van der Waals surface area contributed by atoms with E-state index in [2.05, 4.69) is 58.9 Å². The van der Waals surface area contributed by atoms with Gasteiger partial charge in [0.1, 0.15) is 0 Å². The van der Waals surface area contributed by atoms with Crippen molar-refractivity contribution in [1.29, 1.82) is 0 Å². The van der Waals surface area contributed by atoms with E-state index in [1.54, 1.807) is 11.3 Å². The Balaban J connectivity index is 1.69. The van der Waals surface area contributed by atoms with Gasteiger partial charge in [0.2, 0.25) is 0 Å². The number of rotatable bonds is 10. The normalized spacial score (nSPS) is 12.8. The van der Waals surface area contributed by atoms with Crippen LogP contribution in [0.3, 0.4) is 0 Å². The summed E-state index contributed by atoms with van der Waals surface area (Å²) in [7, 11) is 0. The third-order valence-electron chi connectivity index (χ3n) is 3.90. The molecule has 142 valence electrons. The summed E-state index contributed by atoms with van der Waals surface area (Å²) < 4.78 is 5.91. The smallest absolute Gasteiger partial charge is 0.191 e. The number of benzene rings is 1. The zero-order valence-corrected chi connectivity index (χ0v) is 16.8. The first-order chi connectivity index (χ1) is 12.7. The molecule has 0 aliphatic heterocycles. The second kappa shape index (κ2) is 11.6. The van der Waals surface area contributed by atoms with Gasteiger partial charge in [0.15, 0.2) is 5.96 Å². The van der Waals surface area contributed by atoms with Gasteiger partial charge in [0.05, 0.1) is 23.4 Å². The number of ether oxygens (including phenoxy) is 1. The van der Waals surface area contributed by atoms with E-state index in [0.717, 1.165) is 42.6 Å². The first kappa shape index (κ1) is 20.4. The molecule has 5 nitrogen and oxygen atoms in total. The van der Waals surface area contributed by atoms with Crippen LogP contribution >= 0.6 is 11.3 Å². The van der Waals surface area contributed by atoms with Gasteiger partial charge in [-0.05, 0) is 32.3 Å². The number of aromatic nitrogens is 1. The first-order valence-electron chi connectivity index (χ1n) is 9.35. The van der Waals surface area contributed by atoms with Crippen LogP contribution in [0.2, 0.25) is 0 Å². The molecule has 0 radical (unpaired) electrons. The molecule has 0 aliphatic rings. The monoisotopic (exact) mass is 374 g/mol. The van der Waals surface area contributed by atoms with Crippen LogP contribution in [0.1, 0.15) is 49.6 Å². The lowest BCUT2D eigenvalue weighted by atomic mass is 10.1. The van der Waals surface area contributed by atoms with E-state index in [0.29, 0.717) is 13.2 Å². The Morgan fingerprint density at radius 3 is 2.73 bits per heavy atom. The SMILES string of the molecule is CCNC(=NCc1csc(CC)n1)NCCCOC(C)c1ccccc1. The highest BCUT2D eigenvalue weighted by Crippen LogP contribution is 2.15. The lowest BCUT2D eigenvalue weighted by Crippen LogP contribution is -2.38. The molecule has 0 saturated heterocycles. The molecule has 0 spiro atoms. The first-order valence-corrected chi connectivity index (χ1v) is 10.2. The summed E-state index contributed by atoms with van der Waals surface area (Å²) in [6, 6.07) is 10.3. The molecule has 2 rings (SSSR count). The Hall–Kier alpha value is -1.92. The van der Waals surface area contributed by atoms with Gasteiger partial charge in [-0.1, -0.05) is 37.3 Å². The van der Waals surface area contributed by atoms with Crippen LogP contribution in [-0.4, -0.2) is 30.6 Å². The van der Waals surface area contributed by atoms with E-state index in [1.807, 2.05) is 18.2 Å². The summed E-state index contributed by atoms with van der Waals surface area (Å²) in [4.78, 5) is 9.16. The summed E-state index contributed by atoms with van der Waals surface area (Å²) in [6.07, 6.45) is 2.03. The molecular weight excluding hydrogens is 344 g/mol. The molecule has 1 aromatic heterocycles. The molecule has 0 saturated carbocycles. The number of aryl methyl sites for hydroxylation is 1. The predicted molar refractivity (Wildman–Crippen MR) is 110 cm³/mol. The quantitative estimate of drug-likeness (QED) is 0.376. The highest BCUT2D eigenvalue weighted by Gasteiger charge is 2.05. The summed E-state index contributed by atoms with van der Waals surface area (Å²) in [6.45, 7) is 9.27. The van der Waals surface area contributed by atoms with Crippen LogP contribution in [0.25, 0.3) is 0 Å². The fourth-order valence-corrected chi connectivity index (χ4v) is 3.18. The molecule has 1 aromatic carbocycles. The maximum absolute atomic E-state index is 5.91. The van der Waals surface area contributed by atoms with Crippen molar-refractivity contribution in [3.8, 4) is 0 Å². The summed E-state index contributed by atoms with van der Waals surface area (Å²) in [5, 5.41) is 9.89. The summed E-state index contributed by atoms with van der Waals surface area (Å²) in [5.41, 5.74) is 2.24. The Kier molecular flexibility index (Phi) is 9.14. The van der Waals surface area contributed by atoms with Crippen molar-refractivity contribution < 1.29 is 4.74 Å². The van der Waals surface area contributed by atoms with E-state index in [-0.39, 0.29) is 6.10 Å². The van der Waals surface area contributed by atoms with Gasteiger partial charge >= 0.3 is 0 Å².